The molecule has 0 nitrogen and oxygen atoms in total. The molecule has 132 valence electrons. The van der Waals surface area contributed by atoms with E-state index in [9.17, 15) is 0 Å². The van der Waals surface area contributed by atoms with Crippen LogP contribution in [0, 0.1) is 34.5 Å². The Bertz CT molecular complexity index is 435. The largest absolute Gasteiger partial charge is 0.0993 e. The summed E-state index contributed by atoms with van der Waals surface area (Å²) < 4.78 is 0. The van der Waals surface area contributed by atoms with Gasteiger partial charge in [0.25, 0.3) is 0 Å². The molecule has 3 rings (SSSR count). The van der Waals surface area contributed by atoms with Gasteiger partial charge in [0.2, 0.25) is 0 Å². The first-order chi connectivity index (χ1) is 11.0. The molecule has 0 heterocycles. The molecule has 6 unspecified atom stereocenters. The van der Waals surface area contributed by atoms with Gasteiger partial charge in [-0.1, -0.05) is 59.1 Å². The van der Waals surface area contributed by atoms with Crippen molar-refractivity contribution < 1.29 is 0 Å². The van der Waals surface area contributed by atoms with Crippen LogP contribution in [0.5, 0.6) is 0 Å². The zero-order valence-electron chi connectivity index (χ0n) is 16.3. The first kappa shape index (κ1) is 17.6. The van der Waals surface area contributed by atoms with E-state index in [1.54, 1.807) is 5.57 Å². The fourth-order valence-corrected chi connectivity index (χ4v) is 7.66. The molecule has 0 bridgehead atoms. The minimum absolute atomic E-state index is 0.491. The molecule has 0 spiro atoms. The minimum atomic E-state index is 0.491. The Morgan fingerprint density at radius 3 is 2.43 bits per heavy atom. The third kappa shape index (κ3) is 2.54. The summed E-state index contributed by atoms with van der Waals surface area (Å²) in [4.78, 5) is 0. The molecule has 0 saturated heterocycles. The van der Waals surface area contributed by atoms with Gasteiger partial charge in [0.05, 0.1) is 0 Å². The van der Waals surface area contributed by atoms with E-state index in [1.807, 2.05) is 0 Å². The second kappa shape index (κ2) is 6.57. The van der Waals surface area contributed by atoms with Crippen molar-refractivity contribution in [3.05, 3.63) is 12.2 Å². The van der Waals surface area contributed by atoms with E-state index in [2.05, 4.69) is 34.3 Å². The van der Waals surface area contributed by atoms with Crippen molar-refractivity contribution in [1.29, 1.82) is 0 Å². The lowest BCUT2D eigenvalue weighted by Gasteiger charge is -2.60. The van der Waals surface area contributed by atoms with E-state index in [1.165, 1.54) is 70.6 Å². The fraction of sp³-hybridized carbons (Fsp3) is 0.913. The van der Waals surface area contributed by atoms with Crippen LogP contribution in [0.1, 0.15) is 98.3 Å². The van der Waals surface area contributed by atoms with Crippen LogP contribution in [0.3, 0.4) is 0 Å². The van der Waals surface area contributed by atoms with Gasteiger partial charge in [0, 0.05) is 0 Å². The van der Waals surface area contributed by atoms with Crippen molar-refractivity contribution in [3.8, 4) is 0 Å². The molecule has 3 aliphatic carbocycles. The molecular weight excluding hydrogens is 276 g/mol. The third-order valence-electron chi connectivity index (χ3n) is 8.80. The van der Waals surface area contributed by atoms with Crippen LogP contribution in [-0.2, 0) is 0 Å². The Labute approximate surface area is 145 Å². The molecule has 0 N–H and O–H groups in total. The summed E-state index contributed by atoms with van der Waals surface area (Å²) in [6.45, 7) is 14.4. The van der Waals surface area contributed by atoms with Crippen LogP contribution in [0.2, 0.25) is 0 Å². The van der Waals surface area contributed by atoms with Crippen LogP contribution in [0.4, 0.5) is 0 Å². The number of hydrogen-bond acceptors (Lipinski definition) is 0. The maximum atomic E-state index is 4.49. The second-order valence-electron chi connectivity index (χ2n) is 9.37. The van der Waals surface area contributed by atoms with Gasteiger partial charge in [-0.15, -0.1) is 0 Å². The standard InChI is InChI=1S/C23H40/c1-6-9-18-11-12-19-20-13-10-17(4)22(20,5)16-14-21(19)23(18,8-3)15-7-2/h18-21H,4,6-16H2,1-3,5H3. The molecule has 3 saturated carbocycles. The molecule has 0 aromatic heterocycles. The van der Waals surface area contributed by atoms with Gasteiger partial charge in [-0.2, -0.15) is 0 Å². The van der Waals surface area contributed by atoms with Crippen molar-refractivity contribution in [2.24, 2.45) is 34.5 Å². The second-order valence-corrected chi connectivity index (χ2v) is 9.37. The summed E-state index contributed by atoms with van der Waals surface area (Å²) >= 11 is 0. The molecule has 0 amide bonds. The molecule has 0 aromatic rings. The molecule has 6 atom stereocenters. The number of allylic oxidation sites excluding steroid dienone is 1. The zero-order valence-corrected chi connectivity index (χ0v) is 16.3. The van der Waals surface area contributed by atoms with E-state index in [-0.39, 0.29) is 0 Å². The van der Waals surface area contributed by atoms with Gasteiger partial charge in [0.15, 0.2) is 0 Å². The maximum Gasteiger partial charge on any atom is -0.00879 e. The topological polar surface area (TPSA) is 0 Å². The monoisotopic (exact) mass is 316 g/mol. The first-order valence-corrected chi connectivity index (χ1v) is 10.7. The Balaban J connectivity index is 1.92. The van der Waals surface area contributed by atoms with Crippen LogP contribution < -0.4 is 0 Å². The Kier molecular flexibility index (Phi) is 5.01. The average molecular weight is 317 g/mol. The zero-order chi connectivity index (χ0) is 16.7. The molecule has 0 heteroatoms. The number of fused-ring (bicyclic) bond motifs is 3. The summed E-state index contributed by atoms with van der Waals surface area (Å²) in [5.41, 5.74) is 2.75. The summed E-state index contributed by atoms with van der Waals surface area (Å²) in [7, 11) is 0. The lowest BCUT2D eigenvalue weighted by Crippen LogP contribution is -2.52. The van der Waals surface area contributed by atoms with E-state index >= 15 is 0 Å². The van der Waals surface area contributed by atoms with Gasteiger partial charge >= 0.3 is 0 Å². The molecular formula is C23H40. The molecule has 0 aliphatic heterocycles. The number of rotatable bonds is 5. The van der Waals surface area contributed by atoms with Crippen LogP contribution in [0.25, 0.3) is 0 Å². The molecule has 0 radical (unpaired) electrons. The van der Waals surface area contributed by atoms with Crippen molar-refractivity contribution in [1.82, 2.24) is 0 Å². The Hall–Kier alpha value is -0.260. The van der Waals surface area contributed by atoms with Crippen molar-refractivity contribution in [2.45, 2.75) is 98.3 Å². The van der Waals surface area contributed by atoms with E-state index < -0.39 is 0 Å². The van der Waals surface area contributed by atoms with Crippen LogP contribution >= 0.6 is 0 Å². The minimum Gasteiger partial charge on any atom is -0.0993 e. The summed E-state index contributed by atoms with van der Waals surface area (Å²) in [6.07, 6.45) is 15.9. The third-order valence-corrected chi connectivity index (χ3v) is 8.80. The maximum absolute atomic E-state index is 4.49. The van der Waals surface area contributed by atoms with Gasteiger partial charge in [0.1, 0.15) is 0 Å². The van der Waals surface area contributed by atoms with Crippen molar-refractivity contribution in [3.63, 3.8) is 0 Å². The van der Waals surface area contributed by atoms with Gasteiger partial charge in [-0.05, 0) is 85.9 Å². The average Bonchev–Trinajstić information content (AvgIpc) is 2.85. The fourth-order valence-electron chi connectivity index (χ4n) is 7.66. The SMILES string of the molecule is C=C1CCC2C3CCC(CCC)C(CC)(CCC)C3CCC12C. The predicted molar refractivity (Wildman–Crippen MR) is 101 cm³/mol. The predicted octanol–water partition coefficient (Wildman–Crippen LogP) is 7.39. The van der Waals surface area contributed by atoms with Gasteiger partial charge in [-0.3, -0.25) is 0 Å². The van der Waals surface area contributed by atoms with Gasteiger partial charge < -0.3 is 0 Å². The van der Waals surface area contributed by atoms with Crippen molar-refractivity contribution >= 4 is 0 Å². The lowest BCUT2D eigenvalue weighted by atomic mass is 9.45. The van der Waals surface area contributed by atoms with Crippen LogP contribution in [-0.4, -0.2) is 0 Å². The highest BCUT2D eigenvalue weighted by Crippen LogP contribution is 2.67. The highest BCUT2D eigenvalue weighted by Gasteiger charge is 2.58. The van der Waals surface area contributed by atoms with Crippen LogP contribution in [0.15, 0.2) is 12.2 Å². The Morgan fingerprint density at radius 1 is 1.00 bits per heavy atom. The highest BCUT2D eigenvalue weighted by molar-refractivity contribution is 5.21. The summed E-state index contributed by atoms with van der Waals surface area (Å²) in [6, 6.07) is 0. The smallest absolute Gasteiger partial charge is 0.00879 e. The molecule has 3 aliphatic rings. The highest BCUT2D eigenvalue weighted by atomic mass is 14.6. The number of hydrogen-bond donors (Lipinski definition) is 0. The lowest BCUT2D eigenvalue weighted by molar-refractivity contribution is -0.0986. The normalized spacial score (nSPS) is 46.5. The molecule has 0 aromatic carbocycles. The summed E-state index contributed by atoms with van der Waals surface area (Å²) in [5.74, 6) is 3.99. The van der Waals surface area contributed by atoms with Gasteiger partial charge in [-0.25, -0.2) is 0 Å². The molecule has 3 fully saturated rings. The van der Waals surface area contributed by atoms with Crippen molar-refractivity contribution in [2.75, 3.05) is 0 Å². The van der Waals surface area contributed by atoms with E-state index in [4.69, 9.17) is 0 Å². The quantitative estimate of drug-likeness (QED) is 0.464. The molecule has 23 heavy (non-hydrogen) atoms. The van der Waals surface area contributed by atoms with E-state index in [0.29, 0.717) is 10.8 Å². The first-order valence-electron chi connectivity index (χ1n) is 10.7. The Morgan fingerprint density at radius 2 is 1.78 bits per heavy atom. The summed E-state index contributed by atoms with van der Waals surface area (Å²) in [5, 5.41) is 0. The van der Waals surface area contributed by atoms with E-state index in [0.717, 1.165) is 23.7 Å².